The van der Waals surface area contributed by atoms with Crippen LogP contribution in [0.5, 0.6) is 5.75 Å². The molecule has 0 atom stereocenters. The van der Waals surface area contributed by atoms with E-state index in [4.69, 9.17) is 9.15 Å². The first-order valence-corrected chi connectivity index (χ1v) is 8.83. The number of nitriles is 1. The van der Waals surface area contributed by atoms with E-state index in [1.807, 2.05) is 13.0 Å². The lowest BCUT2D eigenvalue weighted by molar-refractivity contribution is -0.124. The molecule has 0 bridgehead atoms. The number of rotatable bonds is 4. The zero-order chi connectivity index (χ0) is 18.7. The van der Waals surface area contributed by atoms with Gasteiger partial charge in [0.25, 0.3) is 5.91 Å². The van der Waals surface area contributed by atoms with E-state index in [0.717, 1.165) is 30.2 Å². The van der Waals surface area contributed by atoms with E-state index in [0.29, 0.717) is 29.7 Å². The third kappa shape index (κ3) is 3.57. The van der Waals surface area contributed by atoms with Crippen LogP contribution in [0.15, 0.2) is 27.4 Å². The van der Waals surface area contributed by atoms with Crippen LogP contribution >= 0.6 is 0 Å². The molecular weight excluding hydrogens is 332 g/mol. The lowest BCUT2D eigenvalue weighted by Gasteiger charge is -2.31. The van der Waals surface area contributed by atoms with Crippen LogP contribution in [0.4, 0.5) is 0 Å². The highest BCUT2D eigenvalue weighted by Crippen LogP contribution is 2.29. The van der Waals surface area contributed by atoms with Crippen LogP contribution < -0.4 is 15.7 Å². The van der Waals surface area contributed by atoms with E-state index in [1.54, 1.807) is 13.0 Å². The van der Waals surface area contributed by atoms with Crippen molar-refractivity contribution in [1.82, 2.24) is 5.32 Å². The van der Waals surface area contributed by atoms with Gasteiger partial charge in [0.1, 0.15) is 16.9 Å². The molecule has 1 aromatic carbocycles. The van der Waals surface area contributed by atoms with Gasteiger partial charge in [-0.15, -0.1) is 0 Å². The van der Waals surface area contributed by atoms with Crippen LogP contribution in [-0.2, 0) is 4.79 Å². The fourth-order valence-electron chi connectivity index (χ4n) is 3.52. The molecule has 6 heteroatoms. The van der Waals surface area contributed by atoms with Crippen molar-refractivity contribution in [3.63, 3.8) is 0 Å². The monoisotopic (exact) mass is 354 g/mol. The minimum Gasteiger partial charge on any atom is -0.483 e. The molecule has 0 radical (unpaired) electrons. The molecule has 0 saturated heterocycles. The van der Waals surface area contributed by atoms with Gasteiger partial charge in [-0.3, -0.25) is 4.79 Å². The van der Waals surface area contributed by atoms with Gasteiger partial charge < -0.3 is 14.5 Å². The first kappa shape index (κ1) is 18.0. The molecule has 1 fully saturated rings. The van der Waals surface area contributed by atoms with Crippen molar-refractivity contribution in [2.45, 2.75) is 51.5 Å². The van der Waals surface area contributed by atoms with E-state index >= 15 is 0 Å². The topological polar surface area (TPSA) is 92.3 Å². The third-order valence-electron chi connectivity index (χ3n) is 4.98. The number of aryl methyl sites for hydroxylation is 2. The summed E-state index contributed by atoms with van der Waals surface area (Å²) in [6, 6.07) is 7.28. The second-order valence-corrected chi connectivity index (χ2v) is 6.91. The molecule has 1 amide bonds. The van der Waals surface area contributed by atoms with E-state index in [9.17, 15) is 14.9 Å². The number of fused-ring (bicyclic) bond motifs is 1. The summed E-state index contributed by atoms with van der Waals surface area (Å²) in [5.74, 6) is 0.162. The number of amides is 1. The average Bonchev–Trinajstić information content (AvgIpc) is 2.62. The summed E-state index contributed by atoms with van der Waals surface area (Å²) in [4.78, 5) is 23.9. The van der Waals surface area contributed by atoms with Gasteiger partial charge in [-0.05, 0) is 44.4 Å². The van der Waals surface area contributed by atoms with Crippen LogP contribution in [0.2, 0.25) is 0 Å². The predicted octanol–water partition coefficient (Wildman–Crippen LogP) is 3.13. The second kappa shape index (κ2) is 7.20. The maximum atomic E-state index is 12.3. The number of carbonyl (C=O) groups is 1. The molecular formula is C20H22N2O4. The van der Waals surface area contributed by atoms with Gasteiger partial charge in [-0.2, -0.15) is 5.26 Å². The zero-order valence-corrected chi connectivity index (χ0v) is 15.1. The van der Waals surface area contributed by atoms with Crippen LogP contribution in [0.1, 0.15) is 43.2 Å². The van der Waals surface area contributed by atoms with Crippen molar-refractivity contribution >= 4 is 16.9 Å². The molecule has 0 spiro atoms. The van der Waals surface area contributed by atoms with Crippen LogP contribution in [0, 0.1) is 25.2 Å². The van der Waals surface area contributed by atoms with Crippen molar-refractivity contribution < 1.29 is 13.9 Å². The predicted molar refractivity (Wildman–Crippen MR) is 97.0 cm³/mol. The van der Waals surface area contributed by atoms with Crippen molar-refractivity contribution in [3.8, 4) is 11.8 Å². The summed E-state index contributed by atoms with van der Waals surface area (Å²) in [5.41, 5.74) is 0.775. The lowest BCUT2D eigenvalue weighted by Crippen LogP contribution is -2.50. The third-order valence-corrected chi connectivity index (χ3v) is 4.98. The molecule has 1 aromatic heterocycles. The van der Waals surface area contributed by atoms with Crippen molar-refractivity contribution in [2.75, 3.05) is 6.61 Å². The number of carbonyl (C=O) groups excluding carboxylic acids is 1. The maximum absolute atomic E-state index is 12.3. The van der Waals surface area contributed by atoms with Crippen molar-refractivity contribution in [2.24, 2.45) is 0 Å². The van der Waals surface area contributed by atoms with Crippen molar-refractivity contribution in [1.29, 1.82) is 5.26 Å². The van der Waals surface area contributed by atoms with Gasteiger partial charge in [0.2, 0.25) is 0 Å². The van der Waals surface area contributed by atoms with Crippen molar-refractivity contribution in [3.05, 3.63) is 39.7 Å². The van der Waals surface area contributed by atoms with Gasteiger partial charge >= 0.3 is 5.63 Å². The Balaban J connectivity index is 1.73. The molecule has 26 heavy (non-hydrogen) atoms. The summed E-state index contributed by atoms with van der Waals surface area (Å²) < 4.78 is 10.9. The quantitative estimate of drug-likeness (QED) is 0.852. The van der Waals surface area contributed by atoms with E-state index < -0.39 is 11.2 Å². The molecule has 1 aliphatic carbocycles. The zero-order valence-electron chi connectivity index (χ0n) is 15.1. The second-order valence-electron chi connectivity index (χ2n) is 6.91. The Bertz CT molecular complexity index is 933. The van der Waals surface area contributed by atoms with Gasteiger partial charge in [0.15, 0.2) is 6.61 Å². The summed E-state index contributed by atoms with van der Waals surface area (Å²) in [5, 5.41) is 13.1. The SMILES string of the molecule is Cc1cc(=O)oc2c(C)c(OCC(=O)NC3(C#N)CCCCC3)ccc12. The Morgan fingerprint density at radius 3 is 2.73 bits per heavy atom. The number of hydrogen-bond donors (Lipinski definition) is 1. The average molecular weight is 354 g/mol. The minimum absolute atomic E-state index is 0.189. The minimum atomic E-state index is -0.777. The smallest absolute Gasteiger partial charge is 0.336 e. The molecule has 6 nitrogen and oxygen atoms in total. The highest BCUT2D eigenvalue weighted by Gasteiger charge is 2.33. The van der Waals surface area contributed by atoms with Crippen LogP contribution in [-0.4, -0.2) is 18.1 Å². The van der Waals surface area contributed by atoms with E-state index in [1.165, 1.54) is 6.07 Å². The molecule has 1 saturated carbocycles. The Morgan fingerprint density at radius 2 is 2.04 bits per heavy atom. The Labute approximate surface area is 151 Å². The Kier molecular flexibility index (Phi) is 4.99. The largest absolute Gasteiger partial charge is 0.483 e. The maximum Gasteiger partial charge on any atom is 0.336 e. The Hall–Kier alpha value is -2.81. The van der Waals surface area contributed by atoms with Gasteiger partial charge in [-0.1, -0.05) is 19.3 Å². The fourth-order valence-corrected chi connectivity index (χ4v) is 3.52. The lowest BCUT2D eigenvalue weighted by atomic mass is 9.83. The molecule has 3 rings (SSSR count). The van der Waals surface area contributed by atoms with E-state index in [2.05, 4.69) is 11.4 Å². The molecule has 1 N–H and O–H groups in total. The molecule has 0 aliphatic heterocycles. The number of benzene rings is 1. The van der Waals surface area contributed by atoms with E-state index in [-0.39, 0.29) is 12.5 Å². The number of nitrogens with one attached hydrogen (secondary N) is 1. The number of hydrogen-bond acceptors (Lipinski definition) is 5. The number of ether oxygens (including phenoxy) is 1. The highest BCUT2D eigenvalue weighted by atomic mass is 16.5. The Morgan fingerprint density at radius 1 is 1.31 bits per heavy atom. The molecule has 1 heterocycles. The molecule has 136 valence electrons. The summed E-state index contributed by atoms with van der Waals surface area (Å²) in [6.45, 7) is 3.44. The summed E-state index contributed by atoms with van der Waals surface area (Å²) in [7, 11) is 0. The molecule has 1 aliphatic rings. The number of nitrogens with zero attached hydrogens (tertiary/aromatic N) is 1. The van der Waals surface area contributed by atoms with Gasteiger partial charge in [0.05, 0.1) is 6.07 Å². The first-order valence-electron chi connectivity index (χ1n) is 8.83. The molecule has 2 aromatic rings. The highest BCUT2D eigenvalue weighted by molar-refractivity contribution is 5.85. The van der Waals surface area contributed by atoms with Crippen LogP contribution in [0.25, 0.3) is 11.0 Å². The standard InChI is InChI=1S/C20H22N2O4/c1-13-10-18(24)26-19-14(2)16(7-6-15(13)19)25-11-17(23)22-20(12-21)8-4-3-5-9-20/h6-7,10H,3-5,8-9,11H2,1-2H3,(H,22,23). The van der Waals surface area contributed by atoms with Crippen LogP contribution in [0.3, 0.4) is 0 Å². The first-order chi connectivity index (χ1) is 12.4. The molecule has 0 unspecified atom stereocenters. The van der Waals surface area contributed by atoms with Gasteiger partial charge in [-0.25, -0.2) is 4.79 Å². The normalized spacial score (nSPS) is 16.0. The van der Waals surface area contributed by atoms with Gasteiger partial charge in [0, 0.05) is 17.0 Å². The fraction of sp³-hybridized carbons (Fsp3) is 0.450. The summed E-state index contributed by atoms with van der Waals surface area (Å²) >= 11 is 0. The summed E-state index contributed by atoms with van der Waals surface area (Å²) in [6.07, 6.45) is 4.33.